The highest BCUT2D eigenvalue weighted by atomic mass is 32.1. The minimum Gasteiger partial charge on any atom is -0.221 e. The maximum Gasteiger partial charge on any atom is 0.231 e. The molecule has 0 radical (unpaired) electrons. The SMILES string of the molecule is CC(C)(C)c1cn2nnsc2n1. The summed E-state index contributed by atoms with van der Waals surface area (Å²) in [5.74, 6) is 0. The molecule has 0 aliphatic heterocycles. The normalized spacial score (nSPS) is 12.6. The summed E-state index contributed by atoms with van der Waals surface area (Å²) < 4.78 is 5.49. The summed E-state index contributed by atoms with van der Waals surface area (Å²) >= 11 is 1.31. The van der Waals surface area contributed by atoms with Crippen LogP contribution in [0.4, 0.5) is 0 Å². The Morgan fingerprint density at radius 1 is 1.42 bits per heavy atom. The highest BCUT2D eigenvalue weighted by molar-refractivity contribution is 7.10. The van der Waals surface area contributed by atoms with Gasteiger partial charge in [-0.15, -0.1) is 0 Å². The fourth-order valence-corrected chi connectivity index (χ4v) is 1.44. The number of nitrogens with zero attached hydrogens (tertiary/aromatic N) is 4. The molecule has 0 aliphatic rings. The summed E-state index contributed by atoms with van der Waals surface area (Å²) in [5, 5.41) is 3.88. The minimum atomic E-state index is 0.0907. The lowest BCUT2D eigenvalue weighted by atomic mass is 9.93. The first-order chi connectivity index (χ1) is 5.57. The summed E-state index contributed by atoms with van der Waals surface area (Å²) in [6, 6.07) is 0. The molecule has 2 aromatic rings. The number of hydrogen-bond acceptors (Lipinski definition) is 4. The van der Waals surface area contributed by atoms with Crippen LogP contribution in [-0.2, 0) is 5.41 Å². The first-order valence-corrected chi connectivity index (χ1v) is 4.53. The van der Waals surface area contributed by atoms with Crippen LogP contribution in [0.5, 0.6) is 0 Å². The Morgan fingerprint density at radius 2 is 2.17 bits per heavy atom. The van der Waals surface area contributed by atoms with Gasteiger partial charge < -0.3 is 0 Å². The smallest absolute Gasteiger partial charge is 0.221 e. The maximum atomic E-state index is 4.40. The molecule has 2 rings (SSSR count). The van der Waals surface area contributed by atoms with Crippen molar-refractivity contribution in [3.63, 3.8) is 0 Å². The van der Waals surface area contributed by atoms with Crippen LogP contribution in [0.2, 0.25) is 0 Å². The lowest BCUT2D eigenvalue weighted by Gasteiger charge is -2.13. The number of rotatable bonds is 0. The standard InChI is InChI=1S/C7H10N4S/c1-7(2,3)5-4-11-6(8-5)12-10-9-11/h4H,1-3H3. The second-order valence-electron chi connectivity index (χ2n) is 3.77. The van der Waals surface area contributed by atoms with Gasteiger partial charge in [0.25, 0.3) is 0 Å². The summed E-state index contributed by atoms with van der Waals surface area (Å²) in [6.07, 6.45) is 1.93. The fourth-order valence-electron chi connectivity index (χ4n) is 0.936. The Labute approximate surface area is 74.4 Å². The molecule has 0 saturated heterocycles. The molecule has 12 heavy (non-hydrogen) atoms. The summed E-state index contributed by atoms with van der Waals surface area (Å²) in [6.45, 7) is 6.40. The van der Waals surface area contributed by atoms with Crippen LogP contribution in [-0.4, -0.2) is 19.2 Å². The van der Waals surface area contributed by atoms with E-state index in [1.54, 1.807) is 4.52 Å². The summed E-state index contributed by atoms with van der Waals surface area (Å²) in [5.41, 5.74) is 1.15. The molecule has 0 aromatic carbocycles. The Bertz CT molecular complexity index is 366. The van der Waals surface area contributed by atoms with Gasteiger partial charge in [-0.25, -0.2) is 4.98 Å². The van der Waals surface area contributed by atoms with E-state index in [-0.39, 0.29) is 5.41 Å². The number of aromatic nitrogens is 4. The Morgan fingerprint density at radius 3 is 2.75 bits per heavy atom. The molecule has 4 nitrogen and oxygen atoms in total. The van der Waals surface area contributed by atoms with E-state index in [1.165, 1.54) is 11.5 Å². The zero-order chi connectivity index (χ0) is 8.77. The van der Waals surface area contributed by atoms with E-state index in [2.05, 4.69) is 35.5 Å². The molecule has 0 amide bonds. The first-order valence-electron chi connectivity index (χ1n) is 3.75. The zero-order valence-corrected chi connectivity index (χ0v) is 8.09. The number of hydrogen-bond donors (Lipinski definition) is 0. The van der Waals surface area contributed by atoms with E-state index in [0.29, 0.717) is 0 Å². The van der Waals surface area contributed by atoms with Gasteiger partial charge in [0.05, 0.1) is 11.9 Å². The largest absolute Gasteiger partial charge is 0.231 e. The van der Waals surface area contributed by atoms with Crippen molar-refractivity contribution in [3.8, 4) is 0 Å². The van der Waals surface area contributed by atoms with E-state index in [9.17, 15) is 0 Å². The van der Waals surface area contributed by atoms with Crippen LogP contribution in [0.15, 0.2) is 6.20 Å². The van der Waals surface area contributed by atoms with Crippen LogP contribution >= 0.6 is 11.5 Å². The molecule has 64 valence electrons. The molecule has 2 aromatic heterocycles. The highest BCUT2D eigenvalue weighted by Gasteiger charge is 2.18. The van der Waals surface area contributed by atoms with Gasteiger partial charge in [-0.3, -0.25) is 0 Å². The average molecular weight is 182 g/mol. The van der Waals surface area contributed by atoms with Crippen LogP contribution in [0, 0.1) is 0 Å². The lowest BCUT2D eigenvalue weighted by Crippen LogP contribution is -2.11. The summed E-state index contributed by atoms with van der Waals surface area (Å²) in [7, 11) is 0. The van der Waals surface area contributed by atoms with Crippen LogP contribution in [0.1, 0.15) is 26.5 Å². The molecule has 0 N–H and O–H groups in total. The van der Waals surface area contributed by atoms with Gasteiger partial charge >= 0.3 is 0 Å². The first kappa shape index (κ1) is 7.67. The topological polar surface area (TPSA) is 43.1 Å². The van der Waals surface area contributed by atoms with Gasteiger partial charge in [-0.05, 0) is 5.21 Å². The van der Waals surface area contributed by atoms with Gasteiger partial charge in [-0.2, -0.15) is 4.52 Å². The molecular formula is C7H10N4S. The third kappa shape index (κ3) is 1.10. The van der Waals surface area contributed by atoms with Gasteiger partial charge in [-0.1, -0.05) is 25.3 Å². The molecule has 0 fully saturated rings. The Kier molecular flexibility index (Phi) is 1.44. The molecule has 0 atom stereocenters. The van der Waals surface area contributed by atoms with E-state index >= 15 is 0 Å². The fraction of sp³-hybridized carbons (Fsp3) is 0.571. The zero-order valence-electron chi connectivity index (χ0n) is 7.27. The molecule has 2 heterocycles. The van der Waals surface area contributed by atoms with Crippen molar-refractivity contribution in [1.82, 2.24) is 19.2 Å². The number of imidazole rings is 1. The van der Waals surface area contributed by atoms with Crippen molar-refractivity contribution in [2.24, 2.45) is 0 Å². The quantitative estimate of drug-likeness (QED) is 0.620. The van der Waals surface area contributed by atoms with Gasteiger partial charge in [0.1, 0.15) is 0 Å². The van der Waals surface area contributed by atoms with Crippen molar-refractivity contribution in [2.45, 2.75) is 26.2 Å². The molecule has 0 aliphatic carbocycles. The molecule has 0 saturated carbocycles. The van der Waals surface area contributed by atoms with E-state index in [4.69, 9.17) is 0 Å². The van der Waals surface area contributed by atoms with Crippen LogP contribution in [0.3, 0.4) is 0 Å². The highest BCUT2D eigenvalue weighted by Crippen LogP contribution is 2.21. The predicted octanol–water partition coefficient (Wildman–Crippen LogP) is 1.48. The van der Waals surface area contributed by atoms with Gasteiger partial charge in [0, 0.05) is 16.9 Å². The molecule has 5 heteroatoms. The van der Waals surface area contributed by atoms with E-state index < -0.39 is 0 Å². The third-order valence-electron chi connectivity index (χ3n) is 1.68. The third-order valence-corrected chi connectivity index (χ3v) is 2.28. The maximum absolute atomic E-state index is 4.40. The van der Waals surface area contributed by atoms with E-state index in [0.717, 1.165) is 10.7 Å². The van der Waals surface area contributed by atoms with Crippen LogP contribution in [0.25, 0.3) is 4.96 Å². The second-order valence-corrected chi connectivity index (χ2v) is 4.48. The van der Waals surface area contributed by atoms with Gasteiger partial charge in [0.2, 0.25) is 4.96 Å². The Hall–Kier alpha value is -0.970. The lowest BCUT2D eigenvalue weighted by molar-refractivity contribution is 0.572. The predicted molar refractivity (Wildman–Crippen MR) is 47.4 cm³/mol. The molecular weight excluding hydrogens is 172 g/mol. The molecule has 0 bridgehead atoms. The number of fused-ring (bicyclic) bond motifs is 1. The van der Waals surface area contributed by atoms with Gasteiger partial charge in [0.15, 0.2) is 0 Å². The summed E-state index contributed by atoms with van der Waals surface area (Å²) in [4.78, 5) is 5.26. The van der Waals surface area contributed by atoms with Crippen LogP contribution < -0.4 is 0 Å². The molecule has 0 unspecified atom stereocenters. The second kappa shape index (κ2) is 2.26. The van der Waals surface area contributed by atoms with Crippen molar-refractivity contribution >= 4 is 16.5 Å². The van der Waals surface area contributed by atoms with Crippen molar-refractivity contribution in [1.29, 1.82) is 0 Å². The average Bonchev–Trinajstić information content (AvgIpc) is 2.37. The van der Waals surface area contributed by atoms with Crippen molar-refractivity contribution in [3.05, 3.63) is 11.9 Å². The van der Waals surface area contributed by atoms with Crippen molar-refractivity contribution < 1.29 is 0 Å². The molecule has 0 spiro atoms. The van der Waals surface area contributed by atoms with E-state index in [1.807, 2.05) is 6.20 Å². The minimum absolute atomic E-state index is 0.0907. The monoisotopic (exact) mass is 182 g/mol. The van der Waals surface area contributed by atoms with Crippen molar-refractivity contribution in [2.75, 3.05) is 0 Å². The Balaban J connectivity index is 2.59.